The van der Waals surface area contributed by atoms with Gasteiger partial charge < -0.3 is 0 Å². The molecule has 0 saturated carbocycles. The van der Waals surface area contributed by atoms with Crippen molar-refractivity contribution in [3.8, 4) is 0 Å². The first kappa shape index (κ1) is 16.6. The minimum absolute atomic E-state index is 0.264. The van der Waals surface area contributed by atoms with Gasteiger partial charge in [0.1, 0.15) is 0 Å². The zero-order valence-corrected chi connectivity index (χ0v) is 14.8. The second kappa shape index (κ2) is 7.99. The second-order valence-electron chi connectivity index (χ2n) is 5.33. The summed E-state index contributed by atoms with van der Waals surface area (Å²) in [4.78, 5) is 1.26. The van der Waals surface area contributed by atoms with Crippen molar-refractivity contribution in [2.75, 3.05) is 5.75 Å². The van der Waals surface area contributed by atoms with Crippen molar-refractivity contribution in [1.82, 2.24) is 5.43 Å². The van der Waals surface area contributed by atoms with Crippen molar-refractivity contribution in [2.45, 2.75) is 31.2 Å². The molecular weight excluding hydrogens is 344 g/mol. The molecule has 0 bridgehead atoms. The molecule has 0 aliphatic heterocycles. The third-order valence-corrected chi connectivity index (χ3v) is 4.97. The monoisotopic (exact) mass is 364 g/mol. The van der Waals surface area contributed by atoms with Crippen LogP contribution in [0.25, 0.3) is 0 Å². The zero-order valence-electron chi connectivity index (χ0n) is 12.4. The predicted molar refractivity (Wildman–Crippen MR) is 95.6 cm³/mol. The molecule has 0 amide bonds. The van der Waals surface area contributed by atoms with Crippen molar-refractivity contribution >= 4 is 27.7 Å². The number of halogens is 1. The molecule has 0 aliphatic rings. The molecule has 1 unspecified atom stereocenters. The molecule has 2 rings (SSSR count). The van der Waals surface area contributed by atoms with Gasteiger partial charge in [0.05, 0.1) is 0 Å². The van der Waals surface area contributed by atoms with Gasteiger partial charge in [-0.15, -0.1) is 11.8 Å². The highest BCUT2D eigenvalue weighted by molar-refractivity contribution is 9.10. The summed E-state index contributed by atoms with van der Waals surface area (Å²) in [6.45, 7) is 4.27. The molecule has 0 radical (unpaired) electrons. The molecule has 4 heteroatoms. The first-order valence-corrected chi connectivity index (χ1v) is 8.76. The van der Waals surface area contributed by atoms with Gasteiger partial charge in [-0.05, 0) is 50.1 Å². The van der Waals surface area contributed by atoms with Gasteiger partial charge in [0.25, 0.3) is 0 Å². The Labute approximate surface area is 139 Å². The fourth-order valence-electron chi connectivity index (χ4n) is 2.36. The van der Waals surface area contributed by atoms with E-state index in [1.54, 1.807) is 0 Å². The van der Waals surface area contributed by atoms with Crippen molar-refractivity contribution < 1.29 is 0 Å². The highest BCUT2D eigenvalue weighted by Crippen LogP contribution is 2.22. The largest absolute Gasteiger partial charge is 0.271 e. The number of nitrogens with one attached hydrogen (secondary N) is 1. The maximum atomic E-state index is 5.71. The highest BCUT2D eigenvalue weighted by Gasteiger charge is 2.09. The van der Waals surface area contributed by atoms with Crippen molar-refractivity contribution in [1.29, 1.82) is 0 Å². The van der Waals surface area contributed by atoms with Crippen LogP contribution in [0.1, 0.15) is 16.7 Å². The molecule has 0 heterocycles. The second-order valence-corrected chi connectivity index (χ2v) is 7.34. The van der Waals surface area contributed by atoms with Crippen LogP contribution in [0.15, 0.2) is 51.8 Å². The van der Waals surface area contributed by atoms with Crippen LogP contribution in [0, 0.1) is 13.8 Å². The van der Waals surface area contributed by atoms with Gasteiger partial charge in [0.15, 0.2) is 0 Å². The van der Waals surface area contributed by atoms with Crippen LogP contribution in [0.3, 0.4) is 0 Å². The molecule has 0 aromatic heterocycles. The molecule has 2 nitrogen and oxygen atoms in total. The number of hydrazine groups is 1. The van der Waals surface area contributed by atoms with Gasteiger partial charge in [0, 0.05) is 21.2 Å². The molecule has 0 spiro atoms. The van der Waals surface area contributed by atoms with E-state index in [9.17, 15) is 0 Å². The summed E-state index contributed by atoms with van der Waals surface area (Å²) >= 11 is 5.28. The maximum Gasteiger partial charge on any atom is 0.0344 e. The zero-order chi connectivity index (χ0) is 15.2. The van der Waals surface area contributed by atoms with Gasteiger partial charge in [0.2, 0.25) is 0 Å². The summed E-state index contributed by atoms with van der Waals surface area (Å²) in [6, 6.07) is 15.3. The lowest BCUT2D eigenvalue weighted by atomic mass is 10.0. The molecule has 21 heavy (non-hydrogen) atoms. The maximum absolute atomic E-state index is 5.71. The molecule has 2 aromatic rings. The average molecular weight is 365 g/mol. The lowest BCUT2D eigenvalue weighted by Crippen LogP contribution is -2.38. The third kappa shape index (κ3) is 5.47. The Morgan fingerprint density at radius 3 is 2.29 bits per heavy atom. The third-order valence-electron chi connectivity index (χ3n) is 3.26. The quantitative estimate of drug-likeness (QED) is 0.457. The number of benzene rings is 2. The number of thioether (sulfide) groups is 1. The lowest BCUT2D eigenvalue weighted by molar-refractivity contribution is 0.575. The molecule has 0 saturated heterocycles. The van der Waals surface area contributed by atoms with Crippen LogP contribution in [0.2, 0.25) is 0 Å². The van der Waals surface area contributed by atoms with Crippen molar-refractivity contribution in [2.24, 2.45) is 5.84 Å². The molecule has 2 aromatic carbocycles. The smallest absolute Gasteiger partial charge is 0.0344 e. The van der Waals surface area contributed by atoms with Crippen molar-refractivity contribution in [3.63, 3.8) is 0 Å². The SMILES string of the molecule is Cc1cc(C)cc(CC(CSc2ccc(Br)cc2)NN)c1. The van der Waals surface area contributed by atoms with Crippen LogP contribution in [-0.2, 0) is 6.42 Å². The van der Waals surface area contributed by atoms with E-state index < -0.39 is 0 Å². The Hall–Kier alpha value is -0.810. The van der Waals surface area contributed by atoms with E-state index >= 15 is 0 Å². The molecule has 0 fully saturated rings. The molecule has 112 valence electrons. The molecule has 1 atom stereocenters. The van der Waals surface area contributed by atoms with Crippen LogP contribution in [-0.4, -0.2) is 11.8 Å². The van der Waals surface area contributed by atoms with Crippen LogP contribution >= 0.6 is 27.7 Å². The van der Waals surface area contributed by atoms with Gasteiger partial charge in [-0.3, -0.25) is 11.3 Å². The van der Waals surface area contributed by atoms with Gasteiger partial charge >= 0.3 is 0 Å². The van der Waals surface area contributed by atoms with Crippen LogP contribution in [0.4, 0.5) is 0 Å². The Kier molecular flexibility index (Phi) is 6.30. The predicted octanol–water partition coefficient (Wildman–Crippen LogP) is 4.23. The lowest BCUT2D eigenvalue weighted by Gasteiger charge is -2.16. The molecule has 0 aliphatic carbocycles. The molecule has 3 N–H and O–H groups in total. The highest BCUT2D eigenvalue weighted by atomic mass is 79.9. The summed E-state index contributed by atoms with van der Waals surface area (Å²) < 4.78 is 1.11. The fraction of sp³-hybridized carbons (Fsp3) is 0.294. The summed E-state index contributed by atoms with van der Waals surface area (Å²) in [5, 5.41) is 0. The van der Waals surface area contributed by atoms with Gasteiger partial charge in [-0.25, -0.2) is 0 Å². The Morgan fingerprint density at radius 1 is 1.10 bits per heavy atom. The Balaban J connectivity index is 1.95. The Morgan fingerprint density at radius 2 is 1.71 bits per heavy atom. The number of nitrogens with two attached hydrogens (primary N) is 1. The van der Waals surface area contributed by atoms with E-state index in [0.29, 0.717) is 0 Å². The number of hydrogen-bond acceptors (Lipinski definition) is 3. The Bertz CT molecular complexity index is 564. The topological polar surface area (TPSA) is 38.0 Å². The minimum Gasteiger partial charge on any atom is -0.271 e. The molecular formula is C17H21BrN2S. The van der Waals surface area contributed by atoms with Gasteiger partial charge in [-0.2, -0.15) is 0 Å². The van der Waals surface area contributed by atoms with Crippen LogP contribution < -0.4 is 11.3 Å². The van der Waals surface area contributed by atoms with E-state index in [-0.39, 0.29) is 6.04 Å². The fourth-order valence-corrected chi connectivity index (χ4v) is 3.57. The first-order chi connectivity index (χ1) is 10.1. The van der Waals surface area contributed by atoms with E-state index in [1.165, 1.54) is 21.6 Å². The summed E-state index contributed by atoms with van der Waals surface area (Å²) in [5.41, 5.74) is 6.89. The van der Waals surface area contributed by atoms with E-state index in [1.807, 2.05) is 11.8 Å². The van der Waals surface area contributed by atoms with Crippen molar-refractivity contribution in [3.05, 3.63) is 63.6 Å². The summed E-state index contributed by atoms with van der Waals surface area (Å²) in [5.74, 6) is 6.66. The number of rotatable bonds is 6. The number of hydrogen-bond donors (Lipinski definition) is 2. The summed E-state index contributed by atoms with van der Waals surface area (Å²) in [7, 11) is 0. The minimum atomic E-state index is 0.264. The van der Waals surface area contributed by atoms with E-state index in [4.69, 9.17) is 5.84 Å². The normalized spacial score (nSPS) is 12.4. The van der Waals surface area contributed by atoms with E-state index in [0.717, 1.165) is 16.6 Å². The first-order valence-electron chi connectivity index (χ1n) is 6.98. The van der Waals surface area contributed by atoms with Gasteiger partial charge in [-0.1, -0.05) is 45.3 Å². The average Bonchev–Trinajstić information content (AvgIpc) is 2.44. The summed E-state index contributed by atoms with van der Waals surface area (Å²) in [6.07, 6.45) is 0.947. The van der Waals surface area contributed by atoms with E-state index in [2.05, 4.69) is 77.7 Å². The standard InChI is InChI=1S/C17H21BrN2S/c1-12-7-13(2)9-14(8-12)10-16(20-19)11-21-17-5-3-15(18)4-6-17/h3-9,16,20H,10-11,19H2,1-2H3. The number of aryl methyl sites for hydroxylation is 2. The van der Waals surface area contributed by atoms with Crippen LogP contribution in [0.5, 0.6) is 0 Å².